The van der Waals surface area contributed by atoms with E-state index in [0.29, 0.717) is 5.92 Å². The summed E-state index contributed by atoms with van der Waals surface area (Å²) in [6, 6.07) is 40.6. The first kappa shape index (κ1) is 25.8. The fourth-order valence-corrected chi connectivity index (χ4v) is 8.36. The van der Waals surface area contributed by atoms with Gasteiger partial charge in [0.2, 0.25) is 0 Å². The Kier molecular flexibility index (Phi) is 5.66. The second kappa shape index (κ2) is 9.66. The van der Waals surface area contributed by atoms with Crippen LogP contribution >= 0.6 is 0 Å². The van der Waals surface area contributed by atoms with Gasteiger partial charge in [0, 0.05) is 33.3 Å². The molecule has 1 aliphatic heterocycles. The van der Waals surface area contributed by atoms with Gasteiger partial charge in [0.05, 0.1) is 22.4 Å². The number of rotatable bonds is 3. The number of nitrogens with zero attached hydrogens (tertiary/aromatic N) is 2. The predicted molar refractivity (Wildman–Crippen MR) is 185 cm³/mol. The Morgan fingerprint density at radius 1 is 0.614 bits per heavy atom. The number of hydrogen-bond donors (Lipinski definition) is 0. The molecule has 0 bridgehead atoms. The normalized spacial score (nSPS) is 16.0. The lowest BCUT2D eigenvalue weighted by Crippen LogP contribution is -2.26. The van der Waals surface area contributed by atoms with E-state index in [9.17, 15) is 0 Å². The largest absolute Gasteiger partial charge is 0.309 e. The van der Waals surface area contributed by atoms with E-state index < -0.39 is 0 Å². The van der Waals surface area contributed by atoms with E-state index in [1.807, 2.05) is 0 Å². The molecule has 1 aliphatic carbocycles. The van der Waals surface area contributed by atoms with Gasteiger partial charge in [0.1, 0.15) is 0 Å². The average molecular weight is 569 g/mol. The van der Waals surface area contributed by atoms with Gasteiger partial charge < -0.3 is 4.57 Å². The highest BCUT2D eigenvalue weighted by atomic mass is 15.0. The minimum atomic E-state index is -0.125. The summed E-state index contributed by atoms with van der Waals surface area (Å²) in [5, 5.41) is 5.29. The standard InChI is InChI=1S/C42H36N2/c1-42(2)36-20-11-19-34-32-17-8-9-21-38(32)44(41(34)36)39-23-22-29(25-37(39)42)28-14-10-15-30(24-28)40-33-18-7-6-16-31(33)35(26-43-40)27-12-4-3-5-13-27/h6-11,14-27H,3-5,12-13H2,1-2H3. The Hall–Kier alpha value is -4.69. The summed E-state index contributed by atoms with van der Waals surface area (Å²) in [6.07, 6.45) is 8.77. The van der Waals surface area contributed by atoms with Crippen LogP contribution in [0.2, 0.25) is 0 Å². The molecule has 0 amide bonds. The van der Waals surface area contributed by atoms with Crippen molar-refractivity contribution in [3.8, 4) is 28.1 Å². The molecule has 0 spiro atoms. The Balaban J connectivity index is 1.18. The molecule has 3 heterocycles. The van der Waals surface area contributed by atoms with Gasteiger partial charge in [0.15, 0.2) is 0 Å². The molecule has 9 rings (SSSR count). The number of fused-ring (bicyclic) bond motifs is 6. The lowest BCUT2D eigenvalue weighted by molar-refractivity contribution is 0.445. The van der Waals surface area contributed by atoms with Crippen molar-refractivity contribution in [2.45, 2.75) is 57.3 Å². The summed E-state index contributed by atoms with van der Waals surface area (Å²) >= 11 is 0. The van der Waals surface area contributed by atoms with Crippen molar-refractivity contribution in [3.63, 3.8) is 0 Å². The molecule has 0 N–H and O–H groups in total. The summed E-state index contributed by atoms with van der Waals surface area (Å²) < 4.78 is 2.49. The highest BCUT2D eigenvalue weighted by Crippen LogP contribution is 2.48. The van der Waals surface area contributed by atoms with Crippen molar-refractivity contribution in [1.82, 2.24) is 9.55 Å². The zero-order chi connectivity index (χ0) is 29.4. The van der Waals surface area contributed by atoms with Crippen LogP contribution in [-0.4, -0.2) is 9.55 Å². The third kappa shape index (κ3) is 3.70. The van der Waals surface area contributed by atoms with E-state index in [-0.39, 0.29) is 5.41 Å². The molecule has 1 fully saturated rings. The van der Waals surface area contributed by atoms with E-state index in [1.54, 1.807) is 0 Å². The Labute approximate surface area is 259 Å². The summed E-state index contributed by atoms with van der Waals surface area (Å²) in [4.78, 5) is 5.15. The molecular formula is C42H36N2. The number of para-hydroxylation sites is 2. The van der Waals surface area contributed by atoms with E-state index >= 15 is 0 Å². The van der Waals surface area contributed by atoms with Crippen LogP contribution in [0.5, 0.6) is 0 Å². The summed E-state index contributed by atoms with van der Waals surface area (Å²) in [5.41, 5.74) is 12.7. The van der Waals surface area contributed by atoms with Crippen molar-refractivity contribution < 1.29 is 0 Å². The topological polar surface area (TPSA) is 17.8 Å². The van der Waals surface area contributed by atoms with Crippen molar-refractivity contribution in [2.75, 3.05) is 0 Å². The van der Waals surface area contributed by atoms with Crippen LogP contribution in [0.15, 0.2) is 115 Å². The van der Waals surface area contributed by atoms with Gasteiger partial charge in [-0.15, -0.1) is 0 Å². The van der Waals surface area contributed by atoms with Gasteiger partial charge >= 0.3 is 0 Å². The van der Waals surface area contributed by atoms with Crippen molar-refractivity contribution in [1.29, 1.82) is 0 Å². The Bertz CT molecular complexity index is 2240. The average Bonchev–Trinajstić information content (AvgIpc) is 3.42. The monoisotopic (exact) mass is 568 g/mol. The highest BCUT2D eigenvalue weighted by Gasteiger charge is 2.35. The van der Waals surface area contributed by atoms with Gasteiger partial charge in [-0.1, -0.05) is 118 Å². The molecule has 44 heavy (non-hydrogen) atoms. The quantitative estimate of drug-likeness (QED) is 0.207. The molecule has 7 aromatic rings. The van der Waals surface area contributed by atoms with Crippen LogP contribution in [0.1, 0.15) is 68.6 Å². The highest BCUT2D eigenvalue weighted by molar-refractivity contribution is 6.11. The van der Waals surface area contributed by atoms with Crippen LogP contribution in [0.3, 0.4) is 0 Å². The van der Waals surface area contributed by atoms with E-state index in [0.717, 1.165) is 5.69 Å². The van der Waals surface area contributed by atoms with Crippen LogP contribution in [0, 0.1) is 0 Å². The SMILES string of the molecule is CC1(C)c2cc(-c3cccc(-c4ncc(C5CCCCC5)c5ccccc45)c3)ccc2-n2c3ccccc3c3cccc1c32. The molecular weight excluding hydrogens is 532 g/mol. The molecule has 0 radical (unpaired) electrons. The predicted octanol–water partition coefficient (Wildman–Crippen LogP) is 11.4. The van der Waals surface area contributed by atoms with Crippen LogP contribution in [-0.2, 0) is 5.41 Å². The Morgan fingerprint density at radius 3 is 2.18 bits per heavy atom. The molecule has 2 aliphatic rings. The van der Waals surface area contributed by atoms with Crippen molar-refractivity contribution in [3.05, 3.63) is 132 Å². The first-order valence-corrected chi connectivity index (χ1v) is 16.3. The summed E-state index contributed by atoms with van der Waals surface area (Å²) in [5.74, 6) is 0.629. The van der Waals surface area contributed by atoms with E-state index in [1.165, 1.54) is 104 Å². The number of hydrogen-bond acceptors (Lipinski definition) is 1. The fourth-order valence-electron chi connectivity index (χ4n) is 8.36. The molecule has 214 valence electrons. The molecule has 5 aromatic carbocycles. The number of benzene rings is 5. The van der Waals surface area contributed by atoms with Gasteiger partial charge in [-0.2, -0.15) is 0 Å². The Morgan fingerprint density at radius 2 is 1.32 bits per heavy atom. The molecule has 0 unspecified atom stereocenters. The third-order valence-electron chi connectivity index (χ3n) is 10.6. The second-order valence-corrected chi connectivity index (χ2v) is 13.4. The molecule has 1 saturated carbocycles. The molecule has 2 aromatic heterocycles. The van der Waals surface area contributed by atoms with E-state index in [4.69, 9.17) is 4.98 Å². The first-order valence-electron chi connectivity index (χ1n) is 16.3. The third-order valence-corrected chi connectivity index (χ3v) is 10.6. The van der Waals surface area contributed by atoms with Crippen LogP contribution in [0.25, 0.3) is 60.6 Å². The zero-order valence-corrected chi connectivity index (χ0v) is 25.5. The number of pyridine rings is 1. The summed E-state index contributed by atoms with van der Waals surface area (Å²) in [7, 11) is 0. The van der Waals surface area contributed by atoms with Gasteiger partial charge in [-0.25, -0.2) is 0 Å². The summed E-state index contributed by atoms with van der Waals surface area (Å²) in [6.45, 7) is 4.76. The maximum Gasteiger partial charge on any atom is 0.0780 e. The maximum atomic E-state index is 5.15. The lowest BCUT2D eigenvalue weighted by Gasteiger charge is -2.35. The minimum Gasteiger partial charge on any atom is -0.309 e. The van der Waals surface area contributed by atoms with Gasteiger partial charge in [-0.3, -0.25) is 4.98 Å². The van der Waals surface area contributed by atoms with Crippen LogP contribution in [0.4, 0.5) is 0 Å². The first-order chi connectivity index (χ1) is 21.6. The lowest BCUT2D eigenvalue weighted by atomic mass is 9.74. The van der Waals surface area contributed by atoms with E-state index in [2.05, 4.69) is 134 Å². The smallest absolute Gasteiger partial charge is 0.0780 e. The van der Waals surface area contributed by atoms with Crippen molar-refractivity contribution >= 4 is 32.6 Å². The number of aromatic nitrogens is 2. The van der Waals surface area contributed by atoms with Gasteiger partial charge in [0.25, 0.3) is 0 Å². The zero-order valence-electron chi connectivity index (χ0n) is 25.5. The van der Waals surface area contributed by atoms with Gasteiger partial charge in [-0.05, 0) is 76.2 Å². The maximum absolute atomic E-state index is 5.15. The molecule has 0 saturated heterocycles. The molecule has 0 atom stereocenters. The minimum absolute atomic E-state index is 0.125. The molecule has 2 heteroatoms. The van der Waals surface area contributed by atoms with Crippen molar-refractivity contribution in [2.24, 2.45) is 0 Å². The second-order valence-electron chi connectivity index (χ2n) is 13.4. The fraction of sp³-hybridized carbons (Fsp3) is 0.214. The van der Waals surface area contributed by atoms with Crippen LogP contribution < -0.4 is 0 Å². The molecule has 2 nitrogen and oxygen atoms in total.